The van der Waals surface area contributed by atoms with Crippen molar-refractivity contribution in [3.8, 4) is 17.4 Å². The third-order valence-corrected chi connectivity index (χ3v) is 17.9. The first-order valence-corrected chi connectivity index (χ1v) is 27.7. The van der Waals surface area contributed by atoms with Gasteiger partial charge in [0.25, 0.3) is 0 Å². The molecule has 2 heterocycles. The van der Waals surface area contributed by atoms with Crippen LogP contribution in [0.1, 0.15) is 5.56 Å². The number of hydrogen-bond donors (Lipinski definition) is 0. The van der Waals surface area contributed by atoms with Crippen LogP contribution in [0, 0.1) is 64.4 Å². The van der Waals surface area contributed by atoms with E-state index in [9.17, 15) is 5.26 Å². The van der Waals surface area contributed by atoms with Crippen molar-refractivity contribution in [2.45, 2.75) is 13.1 Å². The standard InChI is InChI=1S/C64H38F8N6Si/c1-74-38-24-28-42(29-25-38)76(44-31-33-52-48(35-44)46-19-11-13-21-50(46)78(52)40-16-8-5-9-17-40)62-55(67)59(71)64(60(72)56(62)68)79(2,3)63-57(69)53(65)61(54(66)58(63)70)75(41-26-22-37(36-73)23-27-41)43-30-32-51-47(34-43)45-18-10-12-20-49(45)77(51)39-14-6-4-7-15-39/h4-35H,2-3H3. The normalized spacial score (nSPS) is 11.6. The van der Waals surface area contributed by atoms with Gasteiger partial charge in [-0.05, 0) is 109 Å². The SMILES string of the molecule is [C-]#[N+]c1ccc(N(c2ccc3c(c2)c2ccccc2n3-c2ccccc2)c2c(F)c(F)c([Si](C)(C)c3c(F)c(F)c(N(c4ccc(C#N)cc4)c4ccc5c(c4)c4ccccc4n5-c4ccccc4)c(F)c3F)c(F)c2F)cc1. The molecule has 0 N–H and O–H groups in total. The molecule has 0 aliphatic heterocycles. The maximum absolute atomic E-state index is 17.4. The number of nitrogens with zero attached hydrogens (tertiary/aromatic N) is 6. The number of aromatic nitrogens is 2. The van der Waals surface area contributed by atoms with Crippen LogP contribution in [-0.4, -0.2) is 17.2 Å². The lowest BCUT2D eigenvalue weighted by Gasteiger charge is -2.32. The maximum Gasteiger partial charge on any atom is 0.187 e. The molecule has 10 aromatic carbocycles. The Morgan fingerprint density at radius 2 is 0.747 bits per heavy atom. The van der Waals surface area contributed by atoms with E-state index in [1.54, 1.807) is 24.3 Å². The van der Waals surface area contributed by atoms with E-state index in [1.165, 1.54) is 60.7 Å². The van der Waals surface area contributed by atoms with Gasteiger partial charge in [0.1, 0.15) is 19.4 Å². The minimum absolute atomic E-state index is 0.0239. The minimum atomic E-state index is -4.98. The number of para-hydroxylation sites is 4. The van der Waals surface area contributed by atoms with Gasteiger partial charge in [-0.2, -0.15) is 5.26 Å². The van der Waals surface area contributed by atoms with E-state index in [4.69, 9.17) is 6.57 Å². The van der Waals surface area contributed by atoms with Crippen LogP contribution in [0.5, 0.6) is 0 Å². The van der Waals surface area contributed by atoms with Crippen LogP contribution >= 0.6 is 0 Å². The van der Waals surface area contributed by atoms with Crippen molar-refractivity contribution in [3.63, 3.8) is 0 Å². The monoisotopic (exact) mass is 1070 g/mol. The van der Waals surface area contributed by atoms with Crippen LogP contribution < -0.4 is 20.2 Å². The molecule has 6 nitrogen and oxygen atoms in total. The Morgan fingerprint density at radius 1 is 0.405 bits per heavy atom. The van der Waals surface area contributed by atoms with Gasteiger partial charge in [-0.25, -0.2) is 40.0 Å². The van der Waals surface area contributed by atoms with Crippen molar-refractivity contribution in [2.24, 2.45) is 0 Å². The van der Waals surface area contributed by atoms with Gasteiger partial charge in [0, 0.05) is 66.0 Å². The summed E-state index contributed by atoms with van der Waals surface area (Å²) < 4.78 is 143. The molecular weight excluding hydrogens is 1030 g/mol. The highest BCUT2D eigenvalue weighted by Crippen LogP contribution is 2.46. The average molecular weight is 1070 g/mol. The van der Waals surface area contributed by atoms with Crippen molar-refractivity contribution >= 4 is 102 Å². The van der Waals surface area contributed by atoms with E-state index in [0.29, 0.717) is 21.8 Å². The third-order valence-electron chi connectivity index (χ3n) is 14.5. The Labute approximate surface area is 447 Å². The molecule has 0 atom stereocenters. The van der Waals surface area contributed by atoms with Crippen molar-refractivity contribution in [2.75, 3.05) is 9.80 Å². The molecule has 0 aliphatic carbocycles. The molecule has 0 aliphatic rings. The lowest BCUT2D eigenvalue weighted by molar-refractivity contribution is 0.461. The summed E-state index contributed by atoms with van der Waals surface area (Å²) in [5.41, 5.74) is 2.36. The summed E-state index contributed by atoms with van der Waals surface area (Å²) >= 11 is 0. The summed E-state index contributed by atoms with van der Waals surface area (Å²) in [4.78, 5) is 5.26. The Bertz CT molecular complexity index is 4180. The number of anilines is 6. The minimum Gasteiger partial charge on any atom is -0.309 e. The molecular formula is C64H38F8N6Si. The van der Waals surface area contributed by atoms with Gasteiger partial charge in [-0.1, -0.05) is 98.0 Å². The average Bonchev–Trinajstić information content (AvgIpc) is 4.20. The van der Waals surface area contributed by atoms with Crippen molar-refractivity contribution in [1.29, 1.82) is 5.26 Å². The zero-order valence-corrected chi connectivity index (χ0v) is 42.7. The predicted octanol–water partition coefficient (Wildman–Crippen LogP) is 17.2. The molecule has 0 fully saturated rings. The number of fused-ring (bicyclic) bond motifs is 6. The van der Waals surface area contributed by atoms with Crippen LogP contribution in [0.4, 0.5) is 74.9 Å². The molecule has 0 saturated heterocycles. The van der Waals surface area contributed by atoms with E-state index >= 15 is 35.1 Å². The Hall–Kier alpha value is -9.96. The van der Waals surface area contributed by atoms with Gasteiger partial charge < -0.3 is 18.9 Å². The second kappa shape index (κ2) is 19.2. The van der Waals surface area contributed by atoms with Crippen LogP contribution in [-0.2, 0) is 0 Å². The molecule has 0 radical (unpaired) electrons. The van der Waals surface area contributed by atoms with Gasteiger partial charge in [-0.15, -0.1) is 0 Å². The van der Waals surface area contributed by atoms with Crippen molar-refractivity contribution in [3.05, 3.63) is 258 Å². The topological polar surface area (TPSA) is 44.5 Å². The number of rotatable bonds is 10. The molecule has 12 rings (SSSR count). The number of nitriles is 1. The first-order chi connectivity index (χ1) is 38.2. The Kier molecular flexibility index (Phi) is 12.2. The van der Waals surface area contributed by atoms with Gasteiger partial charge in [-0.3, -0.25) is 0 Å². The van der Waals surface area contributed by atoms with Crippen molar-refractivity contribution in [1.82, 2.24) is 9.13 Å². The van der Waals surface area contributed by atoms with Crippen LogP contribution in [0.2, 0.25) is 13.1 Å². The van der Waals surface area contributed by atoms with Crippen molar-refractivity contribution < 1.29 is 35.1 Å². The van der Waals surface area contributed by atoms with Gasteiger partial charge >= 0.3 is 0 Å². The molecule has 2 aromatic heterocycles. The zero-order valence-electron chi connectivity index (χ0n) is 41.7. The molecule has 15 heteroatoms. The molecule has 0 amide bonds. The predicted molar refractivity (Wildman–Crippen MR) is 298 cm³/mol. The number of halogens is 8. The first-order valence-electron chi connectivity index (χ1n) is 24.7. The van der Waals surface area contributed by atoms with E-state index in [2.05, 4.69) is 4.85 Å². The smallest absolute Gasteiger partial charge is 0.187 e. The molecule has 0 saturated carbocycles. The molecule has 0 spiro atoms. The van der Waals surface area contributed by atoms with E-state index in [-0.39, 0.29) is 34.0 Å². The highest BCUT2D eigenvalue weighted by molar-refractivity contribution is 7.00. The van der Waals surface area contributed by atoms with Crippen LogP contribution in [0.25, 0.3) is 59.8 Å². The highest BCUT2D eigenvalue weighted by Gasteiger charge is 2.45. The van der Waals surface area contributed by atoms with Gasteiger partial charge in [0.2, 0.25) is 0 Å². The second-order valence-corrected chi connectivity index (χ2v) is 23.6. The Balaban J connectivity index is 1.02. The summed E-state index contributed by atoms with van der Waals surface area (Å²) in [5.74, 6) is -16.0. The molecule has 79 heavy (non-hydrogen) atoms. The lowest BCUT2D eigenvalue weighted by Crippen LogP contribution is -2.59. The molecule has 384 valence electrons. The summed E-state index contributed by atoms with van der Waals surface area (Å²) in [6.45, 7) is 9.37. The van der Waals surface area contributed by atoms with Crippen LogP contribution in [0.3, 0.4) is 0 Å². The fraction of sp³-hybridized carbons (Fsp3) is 0.0312. The zero-order chi connectivity index (χ0) is 55.0. The van der Waals surface area contributed by atoms with E-state index in [0.717, 1.165) is 56.1 Å². The van der Waals surface area contributed by atoms with Gasteiger partial charge in [0.05, 0.1) is 40.3 Å². The van der Waals surface area contributed by atoms with E-state index < -0.39 is 76.4 Å². The first kappa shape index (κ1) is 49.9. The summed E-state index contributed by atoms with van der Waals surface area (Å²) in [5, 5.41) is 9.42. The summed E-state index contributed by atoms with van der Waals surface area (Å²) in [6.07, 6.45) is 0. The number of benzene rings is 10. The molecule has 0 unspecified atom stereocenters. The number of hydrogen-bond acceptors (Lipinski definition) is 3. The molecule has 0 bridgehead atoms. The second-order valence-electron chi connectivity index (χ2n) is 19.3. The largest absolute Gasteiger partial charge is 0.309 e. The fourth-order valence-electron chi connectivity index (χ4n) is 10.9. The molecule has 12 aromatic rings. The lowest BCUT2D eigenvalue weighted by atomic mass is 10.1. The summed E-state index contributed by atoms with van der Waals surface area (Å²) in [6, 6.07) is 55.9. The fourth-order valence-corrected chi connectivity index (χ4v) is 13.8. The highest BCUT2D eigenvalue weighted by atomic mass is 28.3. The van der Waals surface area contributed by atoms with E-state index in [1.807, 2.05) is 124 Å². The quantitative estimate of drug-likeness (QED) is 0.0593. The van der Waals surface area contributed by atoms with Gasteiger partial charge in [0.15, 0.2) is 52.2 Å². The summed E-state index contributed by atoms with van der Waals surface area (Å²) in [7, 11) is -4.98. The van der Waals surface area contributed by atoms with Crippen LogP contribution in [0.15, 0.2) is 194 Å². The maximum atomic E-state index is 17.4. The Morgan fingerprint density at radius 3 is 1.13 bits per heavy atom. The third kappa shape index (κ3) is 7.88.